The van der Waals surface area contributed by atoms with E-state index in [1.54, 1.807) is 6.07 Å². The second kappa shape index (κ2) is 6.88. The molecular formula is C19H20F4N4O. The number of rotatable bonds is 2. The van der Waals surface area contributed by atoms with Crippen LogP contribution in [0.4, 0.5) is 23.4 Å². The lowest BCUT2D eigenvalue weighted by Crippen LogP contribution is -2.52. The van der Waals surface area contributed by atoms with Gasteiger partial charge in [0.2, 0.25) is 0 Å². The van der Waals surface area contributed by atoms with Crippen molar-refractivity contribution in [2.75, 3.05) is 24.5 Å². The molecule has 28 heavy (non-hydrogen) atoms. The molecule has 0 saturated carbocycles. The van der Waals surface area contributed by atoms with Crippen molar-refractivity contribution in [3.63, 3.8) is 0 Å². The van der Waals surface area contributed by atoms with Crippen LogP contribution in [-0.4, -0.2) is 47.2 Å². The first kappa shape index (κ1) is 18.9. The van der Waals surface area contributed by atoms with Gasteiger partial charge in [-0.3, -0.25) is 0 Å². The van der Waals surface area contributed by atoms with Crippen molar-refractivity contribution >= 4 is 5.82 Å². The van der Waals surface area contributed by atoms with Crippen molar-refractivity contribution in [1.29, 1.82) is 0 Å². The Morgan fingerprint density at radius 3 is 2.68 bits per heavy atom. The molecule has 0 radical (unpaired) electrons. The normalized spacial score (nSPS) is 22.4. The zero-order chi connectivity index (χ0) is 20.1. The number of anilines is 1. The summed E-state index contributed by atoms with van der Waals surface area (Å²) >= 11 is 0. The molecule has 5 nitrogen and oxygen atoms in total. The molecule has 0 bridgehead atoms. The van der Waals surface area contributed by atoms with Crippen LogP contribution >= 0.6 is 0 Å². The summed E-state index contributed by atoms with van der Waals surface area (Å²) in [4.78, 5) is 1.91. The lowest BCUT2D eigenvalue weighted by molar-refractivity contribution is -0.137. The number of nitrogens with one attached hydrogen (secondary N) is 1. The third-order valence-corrected chi connectivity index (χ3v) is 5.41. The quantitative estimate of drug-likeness (QED) is 0.764. The van der Waals surface area contributed by atoms with Crippen LogP contribution in [0.1, 0.15) is 23.1 Å². The number of benzene rings is 1. The Morgan fingerprint density at radius 2 is 2.00 bits per heavy atom. The molecule has 4 rings (SSSR count). The summed E-state index contributed by atoms with van der Waals surface area (Å²) in [5.41, 5.74) is 0.732. The Labute approximate surface area is 159 Å². The lowest BCUT2D eigenvalue weighted by atomic mass is 9.99. The lowest BCUT2D eigenvalue weighted by Gasteiger charge is -2.35. The molecule has 2 N–H and O–H groups in total. The van der Waals surface area contributed by atoms with Gasteiger partial charge in [0.1, 0.15) is 11.9 Å². The zero-order valence-corrected chi connectivity index (χ0v) is 15.2. The number of hydrogen-bond donors (Lipinski definition) is 2. The molecular weight excluding hydrogens is 376 g/mol. The standard InChI is InChI=1S/C19H20F4N4O/c1-10-6-12(19(21,22)23)8-16(28)17(10)14-7-11-3-5-27(18(11)26-25-14)15-9-24-4-2-13(15)20/h6-8,13,15,24,28H,2-5,9H2,1H3/t13-,15+/m0/s1. The maximum Gasteiger partial charge on any atom is 0.416 e. The van der Waals surface area contributed by atoms with Crippen molar-refractivity contribution in [3.8, 4) is 17.0 Å². The molecule has 0 spiro atoms. The molecule has 9 heteroatoms. The van der Waals surface area contributed by atoms with E-state index >= 15 is 0 Å². The molecule has 0 unspecified atom stereocenters. The van der Waals surface area contributed by atoms with Crippen LogP contribution in [-0.2, 0) is 12.6 Å². The van der Waals surface area contributed by atoms with Crippen LogP contribution in [0, 0.1) is 6.92 Å². The van der Waals surface area contributed by atoms with Gasteiger partial charge in [-0.05, 0) is 50.1 Å². The molecule has 2 aliphatic rings. The Bertz CT molecular complexity index is 879. The maximum atomic E-state index is 14.3. The first-order chi connectivity index (χ1) is 13.3. The Morgan fingerprint density at radius 1 is 1.21 bits per heavy atom. The minimum atomic E-state index is -4.54. The van der Waals surface area contributed by atoms with Gasteiger partial charge in [0, 0.05) is 24.2 Å². The SMILES string of the molecule is Cc1cc(C(F)(F)F)cc(O)c1-c1cc2c(nn1)N([C@@H]1CNCC[C@@H]1F)CC2. The molecule has 1 aromatic heterocycles. The summed E-state index contributed by atoms with van der Waals surface area (Å²) in [6.45, 7) is 3.28. The van der Waals surface area contributed by atoms with E-state index in [9.17, 15) is 22.7 Å². The molecule has 0 amide bonds. The van der Waals surface area contributed by atoms with E-state index in [1.165, 1.54) is 6.92 Å². The molecule has 1 saturated heterocycles. The number of aromatic nitrogens is 2. The third kappa shape index (κ3) is 3.28. The molecule has 1 aromatic carbocycles. The van der Waals surface area contributed by atoms with Crippen LogP contribution in [0.5, 0.6) is 5.75 Å². The number of fused-ring (bicyclic) bond motifs is 1. The van der Waals surface area contributed by atoms with Crippen molar-refractivity contribution in [2.24, 2.45) is 0 Å². The van der Waals surface area contributed by atoms with Crippen LogP contribution in [0.2, 0.25) is 0 Å². The van der Waals surface area contributed by atoms with Crippen molar-refractivity contribution in [2.45, 2.75) is 38.2 Å². The summed E-state index contributed by atoms with van der Waals surface area (Å²) in [5.74, 6) is 0.112. The van der Waals surface area contributed by atoms with Crippen molar-refractivity contribution < 1.29 is 22.7 Å². The number of aromatic hydroxyl groups is 1. The summed E-state index contributed by atoms with van der Waals surface area (Å²) in [6.07, 6.45) is -4.40. The average molecular weight is 396 g/mol. The van der Waals surface area contributed by atoms with E-state index in [0.717, 1.165) is 11.6 Å². The van der Waals surface area contributed by atoms with Crippen LogP contribution in [0.3, 0.4) is 0 Å². The molecule has 150 valence electrons. The average Bonchev–Trinajstić information content (AvgIpc) is 3.04. The van der Waals surface area contributed by atoms with Crippen molar-refractivity contribution in [3.05, 3.63) is 34.9 Å². The zero-order valence-electron chi connectivity index (χ0n) is 15.2. The summed E-state index contributed by atoms with van der Waals surface area (Å²) in [6, 6.07) is 3.10. The molecule has 2 atom stereocenters. The van der Waals surface area contributed by atoms with Gasteiger partial charge < -0.3 is 15.3 Å². The molecule has 2 aromatic rings. The first-order valence-electron chi connectivity index (χ1n) is 9.15. The molecule has 1 fully saturated rings. The predicted molar refractivity (Wildman–Crippen MR) is 96.1 cm³/mol. The van der Waals surface area contributed by atoms with E-state index in [1.807, 2.05) is 4.90 Å². The van der Waals surface area contributed by atoms with Crippen molar-refractivity contribution in [1.82, 2.24) is 15.5 Å². The Hall–Kier alpha value is -2.42. The number of alkyl halides is 4. The number of aryl methyl sites for hydroxylation is 1. The monoisotopic (exact) mass is 396 g/mol. The van der Waals surface area contributed by atoms with E-state index in [4.69, 9.17) is 0 Å². The largest absolute Gasteiger partial charge is 0.507 e. The molecule has 2 aliphatic heterocycles. The smallest absolute Gasteiger partial charge is 0.416 e. The van der Waals surface area contributed by atoms with Crippen LogP contribution in [0.15, 0.2) is 18.2 Å². The maximum absolute atomic E-state index is 14.3. The Balaban J connectivity index is 1.68. The van der Waals surface area contributed by atoms with Gasteiger partial charge in [0.15, 0.2) is 5.82 Å². The fourth-order valence-electron chi connectivity index (χ4n) is 4.02. The first-order valence-corrected chi connectivity index (χ1v) is 9.15. The van der Waals surface area contributed by atoms with E-state index in [0.29, 0.717) is 50.1 Å². The van der Waals surface area contributed by atoms with Gasteiger partial charge in [-0.15, -0.1) is 10.2 Å². The second-order valence-corrected chi connectivity index (χ2v) is 7.28. The highest BCUT2D eigenvalue weighted by Crippen LogP contribution is 2.40. The topological polar surface area (TPSA) is 61.3 Å². The van der Waals surface area contributed by atoms with Gasteiger partial charge in [-0.1, -0.05) is 0 Å². The highest BCUT2D eigenvalue weighted by Gasteiger charge is 2.36. The fourth-order valence-corrected chi connectivity index (χ4v) is 4.02. The number of nitrogens with zero attached hydrogens (tertiary/aromatic N) is 3. The van der Waals surface area contributed by atoms with Gasteiger partial charge in [0.05, 0.1) is 17.3 Å². The minimum absolute atomic E-state index is 0.226. The minimum Gasteiger partial charge on any atom is -0.507 e. The van der Waals surface area contributed by atoms with Gasteiger partial charge >= 0.3 is 6.18 Å². The number of hydrogen-bond acceptors (Lipinski definition) is 5. The number of piperidine rings is 1. The molecule has 3 heterocycles. The highest BCUT2D eigenvalue weighted by atomic mass is 19.4. The highest BCUT2D eigenvalue weighted by molar-refractivity contribution is 5.73. The number of halogens is 4. The van der Waals surface area contributed by atoms with Gasteiger partial charge in [-0.2, -0.15) is 13.2 Å². The second-order valence-electron chi connectivity index (χ2n) is 7.28. The fraction of sp³-hybridized carbons (Fsp3) is 0.474. The summed E-state index contributed by atoms with van der Waals surface area (Å²) in [7, 11) is 0. The predicted octanol–water partition coefficient (Wildman–Crippen LogP) is 3.24. The summed E-state index contributed by atoms with van der Waals surface area (Å²) < 4.78 is 53.1. The molecule has 0 aliphatic carbocycles. The van der Waals surface area contributed by atoms with Crippen LogP contribution < -0.4 is 10.2 Å². The van der Waals surface area contributed by atoms with E-state index in [-0.39, 0.29) is 17.2 Å². The van der Waals surface area contributed by atoms with E-state index < -0.39 is 23.7 Å². The Kier molecular flexibility index (Phi) is 4.65. The third-order valence-electron chi connectivity index (χ3n) is 5.41. The van der Waals surface area contributed by atoms with Gasteiger partial charge in [0.25, 0.3) is 0 Å². The number of phenolic OH excluding ortho intramolecular Hbond substituents is 1. The van der Waals surface area contributed by atoms with E-state index in [2.05, 4.69) is 15.5 Å². The van der Waals surface area contributed by atoms with Gasteiger partial charge in [-0.25, -0.2) is 4.39 Å². The van der Waals surface area contributed by atoms with Crippen LogP contribution in [0.25, 0.3) is 11.3 Å². The number of phenols is 1. The summed E-state index contributed by atoms with van der Waals surface area (Å²) in [5, 5.41) is 21.7.